The van der Waals surface area contributed by atoms with Crippen molar-refractivity contribution in [2.75, 3.05) is 33.3 Å². The zero-order valence-electron chi connectivity index (χ0n) is 14.5. The molecule has 2 aliphatic heterocycles. The number of nitrogens with zero attached hydrogens (tertiary/aromatic N) is 2. The number of carbonyl (C=O) groups is 1. The Balaban J connectivity index is 1.49. The third kappa shape index (κ3) is 3.14. The van der Waals surface area contributed by atoms with Crippen LogP contribution in [0.25, 0.3) is 11.3 Å². The van der Waals surface area contributed by atoms with Gasteiger partial charge in [0.05, 0.1) is 12.8 Å². The van der Waals surface area contributed by atoms with Gasteiger partial charge in [-0.05, 0) is 44.0 Å². The number of rotatable bonds is 3. The molecule has 132 valence electrons. The average molecular weight is 340 g/mol. The maximum Gasteiger partial charge on any atom is 0.271 e. The molecule has 4 rings (SSSR count). The summed E-state index contributed by atoms with van der Waals surface area (Å²) in [5.74, 6) is 0.823. The van der Waals surface area contributed by atoms with E-state index >= 15 is 0 Å². The van der Waals surface area contributed by atoms with Crippen molar-refractivity contribution in [2.24, 2.45) is 5.41 Å². The van der Waals surface area contributed by atoms with Crippen LogP contribution in [-0.2, 0) is 0 Å². The molecular formula is C19H24N4O2. The molecule has 25 heavy (non-hydrogen) atoms. The van der Waals surface area contributed by atoms with Gasteiger partial charge in [0.15, 0.2) is 0 Å². The third-order valence-corrected chi connectivity index (χ3v) is 5.46. The standard InChI is InChI=1S/C19H24N4O2/c1-25-15-5-2-4-14(10-15)16-11-17(22-21-16)18(24)23-9-7-19(13-23)6-3-8-20-12-19/h2,4-5,10-11,20H,3,6-9,12-13H2,1H3,(H,21,22). The molecule has 1 aromatic carbocycles. The topological polar surface area (TPSA) is 70.2 Å². The Labute approximate surface area is 147 Å². The summed E-state index contributed by atoms with van der Waals surface area (Å²) in [6.45, 7) is 3.79. The first-order valence-corrected chi connectivity index (χ1v) is 8.89. The van der Waals surface area contributed by atoms with Crippen LogP contribution >= 0.6 is 0 Å². The Bertz CT molecular complexity index is 764. The highest BCUT2D eigenvalue weighted by Gasteiger charge is 2.41. The molecular weight excluding hydrogens is 316 g/mol. The molecule has 6 nitrogen and oxygen atoms in total. The van der Waals surface area contributed by atoms with Gasteiger partial charge in [0.25, 0.3) is 5.91 Å². The Morgan fingerprint density at radius 2 is 2.24 bits per heavy atom. The van der Waals surface area contributed by atoms with Crippen molar-refractivity contribution in [3.05, 3.63) is 36.0 Å². The van der Waals surface area contributed by atoms with Crippen molar-refractivity contribution in [3.63, 3.8) is 0 Å². The van der Waals surface area contributed by atoms with Gasteiger partial charge in [0.1, 0.15) is 11.4 Å². The van der Waals surface area contributed by atoms with Crippen molar-refractivity contribution in [1.82, 2.24) is 20.4 Å². The van der Waals surface area contributed by atoms with Gasteiger partial charge in [-0.3, -0.25) is 9.89 Å². The molecule has 1 amide bonds. The second kappa shape index (κ2) is 6.52. The summed E-state index contributed by atoms with van der Waals surface area (Å²) in [5, 5.41) is 10.7. The third-order valence-electron chi connectivity index (χ3n) is 5.46. The number of hydrogen-bond donors (Lipinski definition) is 2. The van der Waals surface area contributed by atoms with Gasteiger partial charge in [-0.1, -0.05) is 12.1 Å². The minimum Gasteiger partial charge on any atom is -0.497 e. The quantitative estimate of drug-likeness (QED) is 0.899. The molecule has 1 atom stereocenters. The van der Waals surface area contributed by atoms with Gasteiger partial charge in [0.2, 0.25) is 0 Å². The van der Waals surface area contributed by atoms with Crippen LogP contribution < -0.4 is 10.1 Å². The molecule has 1 unspecified atom stereocenters. The van der Waals surface area contributed by atoms with Crippen molar-refractivity contribution < 1.29 is 9.53 Å². The van der Waals surface area contributed by atoms with Gasteiger partial charge >= 0.3 is 0 Å². The summed E-state index contributed by atoms with van der Waals surface area (Å²) in [4.78, 5) is 14.8. The van der Waals surface area contributed by atoms with E-state index in [1.54, 1.807) is 7.11 Å². The first-order valence-electron chi connectivity index (χ1n) is 8.89. The number of benzene rings is 1. The van der Waals surface area contributed by atoms with E-state index in [1.807, 2.05) is 35.2 Å². The average Bonchev–Trinajstić information content (AvgIpc) is 3.30. The van der Waals surface area contributed by atoms with E-state index in [-0.39, 0.29) is 11.3 Å². The number of hydrogen-bond acceptors (Lipinski definition) is 4. The van der Waals surface area contributed by atoms with Gasteiger partial charge < -0.3 is 15.0 Å². The fourth-order valence-corrected chi connectivity index (χ4v) is 4.02. The summed E-state index contributed by atoms with van der Waals surface area (Å²) >= 11 is 0. The highest BCUT2D eigenvalue weighted by atomic mass is 16.5. The Morgan fingerprint density at radius 3 is 3.04 bits per heavy atom. The summed E-state index contributed by atoms with van der Waals surface area (Å²) in [6.07, 6.45) is 3.50. The molecule has 0 aliphatic carbocycles. The van der Waals surface area contributed by atoms with Crippen LogP contribution in [0.1, 0.15) is 29.8 Å². The summed E-state index contributed by atoms with van der Waals surface area (Å²) in [5.41, 5.74) is 2.52. The normalized spacial score (nSPS) is 23.2. The largest absolute Gasteiger partial charge is 0.497 e. The van der Waals surface area contributed by atoms with E-state index in [4.69, 9.17) is 4.74 Å². The van der Waals surface area contributed by atoms with Gasteiger partial charge in [-0.15, -0.1) is 0 Å². The number of carbonyl (C=O) groups excluding carboxylic acids is 1. The lowest BCUT2D eigenvalue weighted by Crippen LogP contribution is -2.42. The number of aromatic amines is 1. The number of aromatic nitrogens is 2. The lowest BCUT2D eigenvalue weighted by atomic mass is 9.80. The lowest BCUT2D eigenvalue weighted by Gasteiger charge is -2.33. The SMILES string of the molecule is COc1cccc(-c2cc(C(=O)N3CCC4(CCCNC4)C3)[nH]n2)c1. The molecule has 2 saturated heterocycles. The van der Waals surface area contributed by atoms with E-state index in [9.17, 15) is 4.79 Å². The fraction of sp³-hybridized carbons (Fsp3) is 0.474. The molecule has 6 heteroatoms. The van der Waals surface area contributed by atoms with Gasteiger partial charge in [-0.25, -0.2) is 0 Å². The number of ether oxygens (including phenoxy) is 1. The number of amides is 1. The summed E-state index contributed by atoms with van der Waals surface area (Å²) in [6, 6.07) is 9.53. The van der Waals surface area contributed by atoms with Crippen LogP contribution in [0.3, 0.4) is 0 Å². The first-order chi connectivity index (χ1) is 12.2. The highest BCUT2D eigenvalue weighted by Crippen LogP contribution is 2.37. The van der Waals surface area contributed by atoms with E-state index in [0.29, 0.717) is 5.69 Å². The summed E-state index contributed by atoms with van der Waals surface area (Å²) in [7, 11) is 1.64. The molecule has 2 aromatic rings. The zero-order chi connectivity index (χ0) is 17.3. The molecule has 1 aromatic heterocycles. The zero-order valence-corrected chi connectivity index (χ0v) is 14.5. The van der Waals surface area contributed by atoms with Crippen LogP contribution in [0.2, 0.25) is 0 Å². The molecule has 3 heterocycles. The molecule has 1 spiro atoms. The van der Waals surface area contributed by atoms with Crippen LogP contribution in [0.15, 0.2) is 30.3 Å². The van der Waals surface area contributed by atoms with E-state index < -0.39 is 0 Å². The van der Waals surface area contributed by atoms with E-state index in [0.717, 1.165) is 49.6 Å². The van der Waals surface area contributed by atoms with Gasteiger partial charge in [-0.2, -0.15) is 5.10 Å². The number of methoxy groups -OCH3 is 1. The van der Waals surface area contributed by atoms with E-state index in [2.05, 4.69) is 15.5 Å². The van der Waals surface area contributed by atoms with Crippen molar-refractivity contribution >= 4 is 5.91 Å². The molecule has 2 N–H and O–H groups in total. The first kappa shape index (κ1) is 16.1. The van der Waals surface area contributed by atoms with Crippen molar-refractivity contribution in [3.8, 4) is 17.0 Å². The smallest absolute Gasteiger partial charge is 0.271 e. The van der Waals surface area contributed by atoms with Crippen LogP contribution in [0, 0.1) is 5.41 Å². The minimum absolute atomic E-state index is 0.0455. The van der Waals surface area contributed by atoms with E-state index in [1.165, 1.54) is 12.8 Å². The maximum atomic E-state index is 12.9. The number of piperidine rings is 1. The Hall–Kier alpha value is -2.34. The number of nitrogens with one attached hydrogen (secondary N) is 2. The summed E-state index contributed by atoms with van der Waals surface area (Å²) < 4.78 is 5.26. The molecule has 0 bridgehead atoms. The highest BCUT2D eigenvalue weighted by molar-refractivity contribution is 5.93. The molecule has 0 radical (unpaired) electrons. The van der Waals surface area contributed by atoms with Crippen molar-refractivity contribution in [1.29, 1.82) is 0 Å². The Morgan fingerprint density at radius 1 is 1.32 bits per heavy atom. The van der Waals surface area contributed by atoms with Crippen LogP contribution in [-0.4, -0.2) is 54.3 Å². The second-order valence-electron chi connectivity index (χ2n) is 7.16. The monoisotopic (exact) mass is 340 g/mol. The molecule has 0 saturated carbocycles. The molecule has 2 fully saturated rings. The van der Waals surface area contributed by atoms with Crippen molar-refractivity contribution in [2.45, 2.75) is 19.3 Å². The Kier molecular flexibility index (Phi) is 4.21. The predicted molar refractivity (Wildman–Crippen MR) is 95.6 cm³/mol. The second-order valence-corrected chi connectivity index (χ2v) is 7.16. The number of H-pyrrole nitrogens is 1. The fourth-order valence-electron chi connectivity index (χ4n) is 4.02. The number of likely N-dealkylation sites (tertiary alicyclic amines) is 1. The lowest BCUT2D eigenvalue weighted by molar-refractivity contribution is 0.0758. The predicted octanol–water partition coefficient (Wildman–Crippen LogP) is 2.30. The minimum atomic E-state index is 0.0455. The van der Waals surface area contributed by atoms with Crippen LogP contribution in [0.5, 0.6) is 5.75 Å². The van der Waals surface area contributed by atoms with Crippen LogP contribution in [0.4, 0.5) is 0 Å². The van der Waals surface area contributed by atoms with Gasteiger partial charge in [0, 0.05) is 30.6 Å². The molecule has 2 aliphatic rings. The maximum absolute atomic E-state index is 12.9.